The van der Waals surface area contributed by atoms with E-state index in [2.05, 4.69) is 5.32 Å². The van der Waals surface area contributed by atoms with Crippen LogP contribution in [0.4, 0.5) is 5.69 Å². The molecule has 1 atom stereocenters. The first-order chi connectivity index (χ1) is 14.0. The van der Waals surface area contributed by atoms with Crippen molar-refractivity contribution in [1.82, 2.24) is 4.90 Å². The molecule has 0 aliphatic carbocycles. The maximum absolute atomic E-state index is 12.6. The average Bonchev–Trinajstić information content (AvgIpc) is 3.18. The molecule has 2 aromatic rings. The minimum atomic E-state index is -0.345. The van der Waals surface area contributed by atoms with E-state index in [1.54, 1.807) is 41.3 Å². The fourth-order valence-electron chi connectivity index (χ4n) is 3.15. The highest BCUT2D eigenvalue weighted by atomic mass is 16.5. The van der Waals surface area contributed by atoms with Crippen molar-refractivity contribution in [2.75, 3.05) is 39.2 Å². The molecule has 1 aliphatic heterocycles. The third kappa shape index (κ3) is 4.97. The van der Waals surface area contributed by atoms with Gasteiger partial charge in [0, 0.05) is 24.7 Å². The quantitative estimate of drug-likeness (QED) is 0.737. The van der Waals surface area contributed by atoms with Crippen molar-refractivity contribution in [2.45, 2.75) is 12.5 Å². The molecule has 2 amide bonds. The molecule has 1 saturated heterocycles. The molecule has 0 aromatic heterocycles. The van der Waals surface area contributed by atoms with Crippen molar-refractivity contribution < 1.29 is 23.8 Å². The normalized spacial score (nSPS) is 15.7. The van der Waals surface area contributed by atoms with E-state index >= 15 is 0 Å². The highest BCUT2D eigenvalue weighted by Gasteiger charge is 2.25. The molecule has 0 saturated carbocycles. The SMILES string of the molecule is COc1ccccc1NC(=O)COc1ccc(C(=O)N2CC[C@@H](N)C2)cc1OC. The molecule has 1 fully saturated rings. The van der Waals surface area contributed by atoms with Gasteiger partial charge in [-0.15, -0.1) is 0 Å². The molecule has 0 spiro atoms. The Morgan fingerprint density at radius 2 is 1.86 bits per heavy atom. The third-order valence-electron chi connectivity index (χ3n) is 4.66. The van der Waals surface area contributed by atoms with E-state index in [9.17, 15) is 9.59 Å². The second kappa shape index (κ2) is 9.29. The van der Waals surface area contributed by atoms with Crippen LogP contribution >= 0.6 is 0 Å². The Morgan fingerprint density at radius 3 is 2.55 bits per heavy atom. The number of nitrogens with one attached hydrogen (secondary N) is 1. The van der Waals surface area contributed by atoms with E-state index in [1.807, 2.05) is 6.07 Å². The Hall–Kier alpha value is -3.26. The molecular formula is C21H25N3O5. The average molecular weight is 399 g/mol. The van der Waals surface area contributed by atoms with E-state index in [1.165, 1.54) is 14.2 Å². The molecule has 3 rings (SSSR count). The van der Waals surface area contributed by atoms with Gasteiger partial charge in [-0.1, -0.05) is 12.1 Å². The van der Waals surface area contributed by atoms with Gasteiger partial charge in [-0.05, 0) is 36.8 Å². The number of methoxy groups -OCH3 is 2. The number of para-hydroxylation sites is 2. The summed E-state index contributed by atoms with van der Waals surface area (Å²) in [5.41, 5.74) is 6.92. The number of nitrogens with zero attached hydrogens (tertiary/aromatic N) is 1. The van der Waals surface area contributed by atoms with Crippen LogP contribution in [0.15, 0.2) is 42.5 Å². The topological polar surface area (TPSA) is 103 Å². The summed E-state index contributed by atoms with van der Waals surface area (Å²) < 4.78 is 16.1. The molecule has 154 valence electrons. The number of nitrogens with two attached hydrogens (primary N) is 1. The fourth-order valence-corrected chi connectivity index (χ4v) is 3.15. The molecule has 8 nitrogen and oxygen atoms in total. The van der Waals surface area contributed by atoms with Gasteiger partial charge in [0.1, 0.15) is 5.75 Å². The van der Waals surface area contributed by atoms with Crippen LogP contribution in [0.2, 0.25) is 0 Å². The number of benzene rings is 2. The summed E-state index contributed by atoms with van der Waals surface area (Å²) in [5.74, 6) is 0.865. The number of carbonyl (C=O) groups is 2. The number of likely N-dealkylation sites (tertiary alicyclic amines) is 1. The number of hydrogen-bond acceptors (Lipinski definition) is 6. The molecule has 8 heteroatoms. The van der Waals surface area contributed by atoms with Crippen molar-refractivity contribution in [2.24, 2.45) is 5.73 Å². The lowest BCUT2D eigenvalue weighted by atomic mass is 10.1. The zero-order valence-electron chi connectivity index (χ0n) is 16.5. The zero-order valence-corrected chi connectivity index (χ0v) is 16.5. The predicted octanol–water partition coefficient (Wildman–Crippen LogP) is 1.89. The highest BCUT2D eigenvalue weighted by Crippen LogP contribution is 2.29. The summed E-state index contributed by atoms with van der Waals surface area (Å²) in [6.07, 6.45) is 0.797. The maximum atomic E-state index is 12.6. The van der Waals surface area contributed by atoms with E-state index < -0.39 is 0 Å². The number of rotatable bonds is 7. The Kier molecular flexibility index (Phi) is 6.56. The lowest BCUT2D eigenvalue weighted by Gasteiger charge is -2.17. The van der Waals surface area contributed by atoms with Gasteiger partial charge in [0.25, 0.3) is 11.8 Å². The van der Waals surface area contributed by atoms with Crippen LogP contribution in [0.3, 0.4) is 0 Å². The largest absolute Gasteiger partial charge is 0.495 e. The van der Waals surface area contributed by atoms with Gasteiger partial charge in [-0.3, -0.25) is 9.59 Å². The minimum Gasteiger partial charge on any atom is -0.495 e. The van der Waals surface area contributed by atoms with Crippen molar-refractivity contribution in [3.63, 3.8) is 0 Å². The number of hydrogen-bond donors (Lipinski definition) is 2. The van der Waals surface area contributed by atoms with Crippen LogP contribution in [0, 0.1) is 0 Å². The summed E-state index contributed by atoms with van der Waals surface area (Å²) in [6.45, 7) is 0.967. The van der Waals surface area contributed by atoms with E-state index in [0.717, 1.165) is 6.42 Å². The Morgan fingerprint density at radius 1 is 1.10 bits per heavy atom. The molecule has 2 aromatic carbocycles. The number of anilines is 1. The van der Waals surface area contributed by atoms with Crippen molar-refractivity contribution in [1.29, 1.82) is 0 Å². The van der Waals surface area contributed by atoms with Crippen LogP contribution < -0.4 is 25.3 Å². The van der Waals surface area contributed by atoms with Crippen LogP contribution in [-0.2, 0) is 4.79 Å². The van der Waals surface area contributed by atoms with E-state index in [-0.39, 0.29) is 24.5 Å². The standard InChI is InChI=1S/C21H25N3O5/c1-27-17-6-4-3-5-16(17)23-20(25)13-29-18-8-7-14(11-19(18)28-2)21(26)24-10-9-15(22)12-24/h3-8,11,15H,9-10,12-13,22H2,1-2H3,(H,23,25)/t15-/m1/s1. The van der Waals surface area contributed by atoms with Crippen LogP contribution in [0.5, 0.6) is 17.2 Å². The van der Waals surface area contributed by atoms with Crippen LogP contribution in [0.25, 0.3) is 0 Å². The van der Waals surface area contributed by atoms with Crippen LogP contribution in [-0.4, -0.2) is 56.7 Å². The summed E-state index contributed by atoms with van der Waals surface area (Å²) in [7, 11) is 3.02. The van der Waals surface area contributed by atoms with Gasteiger partial charge in [-0.25, -0.2) is 0 Å². The zero-order chi connectivity index (χ0) is 20.8. The molecule has 1 aliphatic rings. The molecular weight excluding hydrogens is 374 g/mol. The minimum absolute atomic E-state index is 0.0187. The smallest absolute Gasteiger partial charge is 0.262 e. The second-order valence-electron chi connectivity index (χ2n) is 6.70. The first kappa shape index (κ1) is 20.5. The molecule has 0 unspecified atom stereocenters. The van der Waals surface area contributed by atoms with Gasteiger partial charge < -0.3 is 30.2 Å². The van der Waals surface area contributed by atoms with Crippen molar-refractivity contribution in [3.8, 4) is 17.2 Å². The van der Waals surface area contributed by atoms with Crippen molar-refractivity contribution in [3.05, 3.63) is 48.0 Å². The van der Waals surface area contributed by atoms with Gasteiger partial charge in [0.05, 0.1) is 19.9 Å². The number of carbonyl (C=O) groups excluding carboxylic acids is 2. The molecule has 29 heavy (non-hydrogen) atoms. The number of ether oxygens (including phenoxy) is 3. The molecule has 3 N–H and O–H groups in total. The fraction of sp³-hybridized carbons (Fsp3) is 0.333. The van der Waals surface area contributed by atoms with Crippen LogP contribution in [0.1, 0.15) is 16.8 Å². The third-order valence-corrected chi connectivity index (χ3v) is 4.66. The first-order valence-electron chi connectivity index (χ1n) is 9.30. The predicted molar refractivity (Wildman–Crippen MR) is 109 cm³/mol. The summed E-state index contributed by atoms with van der Waals surface area (Å²) in [6, 6.07) is 12.0. The molecule has 0 bridgehead atoms. The summed E-state index contributed by atoms with van der Waals surface area (Å²) >= 11 is 0. The highest BCUT2D eigenvalue weighted by molar-refractivity contribution is 5.95. The van der Waals surface area contributed by atoms with Gasteiger partial charge in [-0.2, -0.15) is 0 Å². The lowest BCUT2D eigenvalue weighted by molar-refractivity contribution is -0.118. The summed E-state index contributed by atoms with van der Waals surface area (Å²) in [5, 5.41) is 2.74. The van der Waals surface area contributed by atoms with E-state index in [0.29, 0.717) is 41.6 Å². The van der Waals surface area contributed by atoms with Gasteiger partial charge in [0.15, 0.2) is 18.1 Å². The van der Waals surface area contributed by atoms with Gasteiger partial charge in [0.2, 0.25) is 0 Å². The Balaban J connectivity index is 1.63. The van der Waals surface area contributed by atoms with Crippen molar-refractivity contribution >= 4 is 17.5 Å². The Bertz CT molecular complexity index is 886. The Labute approximate surface area is 169 Å². The lowest BCUT2D eigenvalue weighted by Crippen LogP contribution is -2.31. The summed E-state index contributed by atoms with van der Waals surface area (Å²) in [4.78, 5) is 26.6. The maximum Gasteiger partial charge on any atom is 0.262 e. The number of amides is 2. The molecule has 0 radical (unpaired) electrons. The van der Waals surface area contributed by atoms with E-state index in [4.69, 9.17) is 19.9 Å². The monoisotopic (exact) mass is 399 g/mol. The second-order valence-corrected chi connectivity index (χ2v) is 6.70. The first-order valence-corrected chi connectivity index (χ1v) is 9.30. The molecule has 1 heterocycles. The van der Waals surface area contributed by atoms with Gasteiger partial charge >= 0.3 is 0 Å².